The highest BCUT2D eigenvalue weighted by Crippen LogP contribution is 2.27. The van der Waals surface area contributed by atoms with Crippen molar-refractivity contribution in [2.75, 3.05) is 0 Å². The molecule has 2 aromatic rings. The molecule has 0 saturated carbocycles. The predicted octanol–water partition coefficient (Wildman–Crippen LogP) is 3.84. The Balaban J connectivity index is 2.60. The van der Waals surface area contributed by atoms with Gasteiger partial charge in [0.1, 0.15) is 5.82 Å². The van der Waals surface area contributed by atoms with Crippen LogP contribution in [-0.4, -0.2) is 11.1 Å². The monoisotopic (exact) mass is 250 g/mol. The van der Waals surface area contributed by atoms with Gasteiger partial charge in [0.05, 0.1) is 10.6 Å². The fourth-order valence-electron chi connectivity index (χ4n) is 1.59. The molecule has 4 heteroatoms. The van der Waals surface area contributed by atoms with Crippen molar-refractivity contribution in [2.45, 2.75) is 0 Å². The van der Waals surface area contributed by atoms with Gasteiger partial charge in [0.2, 0.25) is 0 Å². The lowest BCUT2D eigenvalue weighted by Crippen LogP contribution is -1.99. The summed E-state index contributed by atoms with van der Waals surface area (Å²) >= 11 is 5.67. The largest absolute Gasteiger partial charge is 0.478 e. The molecule has 0 aliphatic rings. The quantitative estimate of drug-likeness (QED) is 0.879. The fraction of sp³-hybridized carbons (Fsp3) is 0. The van der Waals surface area contributed by atoms with Crippen molar-refractivity contribution in [3.05, 3.63) is 58.9 Å². The van der Waals surface area contributed by atoms with Crippen LogP contribution in [0.4, 0.5) is 4.39 Å². The summed E-state index contributed by atoms with van der Waals surface area (Å²) in [5.74, 6) is -1.55. The number of carbonyl (C=O) groups is 1. The first-order chi connectivity index (χ1) is 8.09. The lowest BCUT2D eigenvalue weighted by atomic mass is 10.00. The standard InChI is InChI=1S/C13H8ClFO2/c14-11-7-8(5-6-12(11)15)9-3-1-2-4-10(9)13(16)17/h1-7H,(H,16,17). The Labute approximate surface area is 102 Å². The van der Waals surface area contributed by atoms with E-state index in [4.69, 9.17) is 16.7 Å². The van der Waals surface area contributed by atoms with Gasteiger partial charge >= 0.3 is 5.97 Å². The maximum absolute atomic E-state index is 13.0. The van der Waals surface area contributed by atoms with E-state index >= 15 is 0 Å². The first kappa shape index (κ1) is 11.6. The fourth-order valence-corrected chi connectivity index (χ4v) is 1.77. The van der Waals surface area contributed by atoms with Crippen LogP contribution in [0.2, 0.25) is 5.02 Å². The van der Waals surface area contributed by atoms with Gasteiger partial charge < -0.3 is 5.11 Å². The van der Waals surface area contributed by atoms with Gasteiger partial charge in [-0.1, -0.05) is 35.9 Å². The molecule has 1 N–H and O–H groups in total. The van der Waals surface area contributed by atoms with Gasteiger partial charge in [-0.05, 0) is 29.3 Å². The van der Waals surface area contributed by atoms with Gasteiger partial charge in [0, 0.05) is 0 Å². The summed E-state index contributed by atoms with van der Waals surface area (Å²) in [6, 6.07) is 10.6. The van der Waals surface area contributed by atoms with Crippen LogP contribution in [0.5, 0.6) is 0 Å². The molecule has 17 heavy (non-hydrogen) atoms. The van der Waals surface area contributed by atoms with Crippen LogP contribution >= 0.6 is 11.6 Å². The van der Waals surface area contributed by atoms with Crippen molar-refractivity contribution < 1.29 is 14.3 Å². The SMILES string of the molecule is O=C(O)c1ccccc1-c1ccc(F)c(Cl)c1. The van der Waals surface area contributed by atoms with E-state index in [1.54, 1.807) is 18.2 Å². The highest BCUT2D eigenvalue weighted by Gasteiger charge is 2.11. The van der Waals surface area contributed by atoms with Gasteiger partial charge in [0.15, 0.2) is 0 Å². The second-order valence-electron chi connectivity index (χ2n) is 3.48. The zero-order valence-electron chi connectivity index (χ0n) is 8.65. The molecule has 0 heterocycles. The number of aromatic carboxylic acids is 1. The minimum atomic E-state index is -1.03. The molecule has 2 aromatic carbocycles. The molecule has 0 aliphatic carbocycles. The summed E-state index contributed by atoms with van der Waals surface area (Å²) in [6.07, 6.45) is 0. The van der Waals surface area contributed by atoms with Gasteiger partial charge in [-0.3, -0.25) is 0 Å². The normalized spacial score (nSPS) is 10.2. The Bertz CT molecular complexity index is 581. The zero-order chi connectivity index (χ0) is 12.4. The van der Waals surface area contributed by atoms with E-state index in [2.05, 4.69) is 0 Å². The molecular formula is C13H8ClFO2. The van der Waals surface area contributed by atoms with E-state index in [-0.39, 0.29) is 10.6 Å². The molecule has 2 rings (SSSR count). The third-order valence-electron chi connectivity index (χ3n) is 2.39. The molecule has 0 saturated heterocycles. The Hall–Kier alpha value is -1.87. The number of halogens is 2. The summed E-state index contributed by atoms with van der Waals surface area (Å²) in [6.45, 7) is 0. The maximum atomic E-state index is 13.0. The smallest absolute Gasteiger partial charge is 0.336 e. The lowest BCUT2D eigenvalue weighted by Gasteiger charge is -2.06. The minimum absolute atomic E-state index is 0.0253. The zero-order valence-corrected chi connectivity index (χ0v) is 9.41. The number of hydrogen-bond donors (Lipinski definition) is 1. The molecule has 0 aromatic heterocycles. The topological polar surface area (TPSA) is 37.3 Å². The molecule has 86 valence electrons. The van der Waals surface area contributed by atoms with E-state index in [9.17, 15) is 9.18 Å². The van der Waals surface area contributed by atoms with Crippen molar-refractivity contribution in [3.63, 3.8) is 0 Å². The van der Waals surface area contributed by atoms with Crippen molar-refractivity contribution in [2.24, 2.45) is 0 Å². The molecule has 0 unspecified atom stereocenters. The van der Waals surface area contributed by atoms with E-state index in [0.717, 1.165) is 0 Å². The Morgan fingerprint density at radius 2 is 1.88 bits per heavy atom. The van der Waals surface area contributed by atoms with Crippen molar-refractivity contribution >= 4 is 17.6 Å². The van der Waals surface area contributed by atoms with Crippen molar-refractivity contribution in [3.8, 4) is 11.1 Å². The minimum Gasteiger partial charge on any atom is -0.478 e. The van der Waals surface area contributed by atoms with Gasteiger partial charge in [-0.25, -0.2) is 9.18 Å². The molecule has 0 radical (unpaired) electrons. The number of hydrogen-bond acceptors (Lipinski definition) is 1. The maximum Gasteiger partial charge on any atom is 0.336 e. The summed E-state index contributed by atoms with van der Waals surface area (Å²) < 4.78 is 13.0. The Morgan fingerprint density at radius 1 is 1.18 bits per heavy atom. The van der Waals surface area contributed by atoms with E-state index in [1.165, 1.54) is 24.3 Å². The van der Waals surface area contributed by atoms with E-state index in [0.29, 0.717) is 11.1 Å². The summed E-state index contributed by atoms with van der Waals surface area (Å²) in [5, 5.41) is 9.02. The van der Waals surface area contributed by atoms with Gasteiger partial charge in [-0.2, -0.15) is 0 Å². The molecule has 0 bridgehead atoms. The average molecular weight is 251 g/mol. The second-order valence-corrected chi connectivity index (χ2v) is 3.89. The van der Waals surface area contributed by atoms with E-state index in [1.807, 2.05) is 0 Å². The van der Waals surface area contributed by atoms with Crippen LogP contribution in [0.15, 0.2) is 42.5 Å². The lowest BCUT2D eigenvalue weighted by molar-refractivity contribution is 0.0697. The summed E-state index contributed by atoms with van der Waals surface area (Å²) in [7, 11) is 0. The number of rotatable bonds is 2. The Morgan fingerprint density at radius 3 is 2.53 bits per heavy atom. The first-order valence-electron chi connectivity index (χ1n) is 4.87. The van der Waals surface area contributed by atoms with Crippen LogP contribution in [0.3, 0.4) is 0 Å². The summed E-state index contributed by atoms with van der Waals surface area (Å²) in [5.41, 5.74) is 1.26. The molecule has 2 nitrogen and oxygen atoms in total. The van der Waals surface area contributed by atoms with Crippen LogP contribution in [0.1, 0.15) is 10.4 Å². The molecule has 0 fully saturated rings. The predicted molar refractivity (Wildman–Crippen MR) is 63.8 cm³/mol. The number of benzene rings is 2. The van der Waals surface area contributed by atoms with Crippen molar-refractivity contribution in [1.82, 2.24) is 0 Å². The van der Waals surface area contributed by atoms with Gasteiger partial charge in [0.25, 0.3) is 0 Å². The molecule has 0 aliphatic heterocycles. The van der Waals surface area contributed by atoms with Crippen LogP contribution in [0, 0.1) is 5.82 Å². The highest BCUT2D eigenvalue weighted by molar-refractivity contribution is 6.31. The van der Waals surface area contributed by atoms with Crippen LogP contribution in [0.25, 0.3) is 11.1 Å². The molecule has 0 atom stereocenters. The number of carboxylic acid groups (broad SMARTS) is 1. The third kappa shape index (κ3) is 2.29. The molecule has 0 amide bonds. The highest BCUT2D eigenvalue weighted by atomic mass is 35.5. The van der Waals surface area contributed by atoms with Crippen LogP contribution < -0.4 is 0 Å². The second kappa shape index (κ2) is 4.55. The molecule has 0 spiro atoms. The summed E-state index contributed by atoms with van der Waals surface area (Å²) in [4.78, 5) is 11.0. The third-order valence-corrected chi connectivity index (χ3v) is 2.68. The van der Waals surface area contributed by atoms with Crippen LogP contribution in [-0.2, 0) is 0 Å². The average Bonchev–Trinajstić information content (AvgIpc) is 2.32. The van der Waals surface area contributed by atoms with E-state index < -0.39 is 11.8 Å². The van der Waals surface area contributed by atoms with Crippen molar-refractivity contribution in [1.29, 1.82) is 0 Å². The van der Waals surface area contributed by atoms with Gasteiger partial charge in [-0.15, -0.1) is 0 Å². The number of carboxylic acids is 1. The molecular weight excluding hydrogens is 243 g/mol. The Kier molecular flexibility index (Phi) is 3.11. The first-order valence-corrected chi connectivity index (χ1v) is 5.25.